The average molecular weight is 462 g/mol. The quantitative estimate of drug-likeness (QED) is 0.441. The summed E-state index contributed by atoms with van der Waals surface area (Å²) in [4.78, 5) is 7.52. The van der Waals surface area contributed by atoms with E-state index in [1.807, 2.05) is 0 Å². The number of aliphatic hydroxyl groups excluding tert-OH is 1. The van der Waals surface area contributed by atoms with Crippen molar-refractivity contribution in [3.05, 3.63) is 46.4 Å². The van der Waals surface area contributed by atoms with Gasteiger partial charge in [-0.3, -0.25) is 4.72 Å². The minimum Gasteiger partial charge on any atom is -0.491 e. The van der Waals surface area contributed by atoms with Crippen molar-refractivity contribution < 1.29 is 18.3 Å². The summed E-state index contributed by atoms with van der Waals surface area (Å²) in [6.07, 6.45) is 0.357. The summed E-state index contributed by atoms with van der Waals surface area (Å²) in [6, 6.07) is 9.81. The third-order valence-corrected chi connectivity index (χ3v) is 5.86. The summed E-state index contributed by atoms with van der Waals surface area (Å²) in [5.74, 6) is 0.894. The molecule has 11 heteroatoms. The maximum atomic E-state index is 11.2. The monoisotopic (exact) mass is 461 g/mol. The SMILES string of the molecule is CS(=O)(=O)Nc1ccc(OC[C@@H](O)CSc2nc3cc(Cl)c(Cl)cc3[nH]2)cc1. The molecule has 0 unspecified atom stereocenters. The molecule has 0 aliphatic carbocycles. The summed E-state index contributed by atoms with van der Waals surface area (Å²) in [6.45, 7) is 0.0870. The molecule has 0 aliphatic rings. The Balaban J connectivity index is 1.50. The van der Waals surface area contributed by atoms with Gasteiger partial charge in [-0.05, 0) is 36.4 Å². The number of benzene rings is 2. The highest BCUT2D eigenvalue weighted by atomic mass is 35.5. The first-order chi connectivity index (χ1) is 13.2. The van der Waals surface area contributed by atoms with Gasteiger partial charge in [-0.2, -0.15) is 0 Å². The number of hydrogen-bond acceptors (Lipinski definition) is 6. The molecule has 150 valence electrons. The third-order valence-electron chi connectivity index (χ3n) is 3.51. The largest absolute Gasteiger partial charge is 0.491 e. The molecule has 0 amide bonds. The Morgan fingerprint density at radius 2 is 1.93 bits per heavy atom. The molecule has 0 spiro atoms. The molecule has 0 bridgehead atoms. The number of sulfonamides is 1. The molecule has 2 aromatic carbocycles. The Morgan fingerprint density at radius 1 is 1.25 bits per heavy atom. The van der Waals surface area contributed by atoms with E-state index in [2.05, 4.69) is 14.7 Å². The predicted molar refractivity (Wildman–Crippen MR) is 113 cm³/mol. The summed E-state index contributed by atoms with van der Waals surface area (Å²) >= 11 is 13.3. The maximum Gasteiger partial charge on any atom is 0.229 e. The van der Waals surface area contributed by atoms with Gasteiger partial charge in [0.25, 0.3) is 0 Å². The maximum absolute atomic E-state index is 11.2. The van der Waals surface area contributed by atoms with Crippen LogP contribution in [0, 0.1) is 0 Å². The third kappa shape index (κ3) is 5.92. The fourth-order valence-corrected chi connectivity index (χ4v) is 3.98. The molecule has 3 aromatic rings. The highest BCUT2D eigenvalue weighted by Gasteiger charge is 2.11. The van der Waals surface area contributed by atoms with E-state index in [1.54, 1.807) is 36.4 Å². The van der Waals surface area contributed by atoms with E-state index < -0.39 is 16.1 Å². The Labute approximate surface area is 176 Å². The molecule has 0 radical (unpaired) electrons. The lowest BCUT2D eigenvalue weighted by Crippen LogP contribution is -2.20. The van der Waals surface area contributed by atoms with Gasteiger partial charge in [0.2, 0.25) is 10.0 Å². The Bertz CT molecular complexity index is 1030. The van der Waals surface area contributed by atoms with Crippen LogP contribution in [-0.2, 0) is 10.0 Å². The van der Waals surface area contributed by atoms with Crippen molar-refractivity contribution in [1.82, 2.24) is 9.97 Å². The number of imidazole rings is 1. The number of fused-ring (bicyclic) bond motifs is 1. The van der Waals surface area contributed by atoms with Crippen molar-refractivity contribution in [2.24, 2.45) is 0 Å². The second-order valence-electron chi connectivity index (χ2n) is 6.00. The first kappa shape index (κ1) is 21.1. The van der Waals surface area contributed by atoms with Gasteiger partial charge in [-0.1, -0.05) is 35.0 Å². The Hall–Kier alpha value is -1.65. The molecule has 0 saturated carbocycles. The van der Waals surface area contributed by atoms with E-state index in [9.17, 15) is 13.5 Å². The lowest BCUT2D eigenvalue weighted by molar-refractivity contribution is 0.126. The van der Waals surface area contributed by atoms with E-state index in [0.29, 0.717) is 37.9 Å². The van der Waals surface area contributed by atoms with Crippen LogP contribution in [0.3, 0.4) is 0 Å². The number of nitrogens with one attached hydrogen (secondary N) is 2. The number of anilines is 1. The second kappa shape index (κ2) is 8.79. The van der Waals surface area contributed by atoms with Crippen LogP contribution in [0.5, 0.6) is 5.75 Å². The van der Waals surface area contributed by atoms with E-state index in [0.717, 1.165) is 11.8 Å². The van der Waals surface area contributed by atoms with Crippen LogP contribution in [-0.4, -0.2) is 48.2 Å². The normalized spacial score (nSPS) is 12.9. The van der Waals surface area contributed by atoms with Crippen LogP contribution in [0.1, 0.15) is 0 Å². The van der Waals surface area contributed by atoms with Gasteiger partial charge in [0.05, 0.1) is 33.4 Å². The molecule has 0 fully saturated rings. The Morgan fingerprint density at radius 3 is 2.61 bits per heavy atom. The number of thioether (sulfide) groups is 1. The smallest absolute Gasteiger partial charge is 0.229 e. The van der Waals surface area contributed by atoms with Gasteiger partial charge in [0.1, 0.15) is 12.4 Å². The fraction of sp³-hybridized carbons (Fsp3) is 0.235. The molecule has 1 atom stereocenters. The van der Waals surface area contributed by atoms with Crippen LogP contribution >= 0.6 is 35.0 Å². The minimum atomic E-state index is -3.32. The number of aromatic amines is 1. The van der Waals surface area contributed by atoms with Gasteiger partial charge >= 0.3 is 0 Å². The highest BCUT2D eigenvalue weighted by Crippen LogP contribution is 2.28. The first-order valence-electron chi connectivity index (χ1n) is 8.06. The number of aliphatic hydroxyl groups is 1. The van der Waals surface area contributed by atoms with E-state index in [4.69, 9.17) is 27.9 Å². The van der Waals surface area contributed by atoms with Crippen LogP contribution < -0.4 is 9.46 Å². The zero-order valence-corrected chi connectivity index (χ0v) is 17.8. The molecule has 1 aromatic heterocycles. The number of aromatic nitrogens is 2. The zero-order chi connectivity index (χ0) is 20.3. The number of hydrogen-bond donors (Lipinski definition) is 3. The highest BCUT2D eigenvalue weighted by molar-refractivity contribution is 7.99. The standard InChI is InChI=1S/C17H17Cl2N3O4S2/c1-28(24,25)22-10-2-4-12(5-3-10)26-8-11(23)9-27-17-20-15-6-13(18)14(19)7-16(15)21-17/h2-7,11,22-23H,8-9H2,1H3,(H,20,21)/t11-/m1/s1. The predicted octanol–water partition coefficient (Wildman–Crippen LogP) is 3.77. The van der Waals surface area contributed by atoms with Gasteiger partial charge < -0.3 is 14.8 Å². The number of ether oxygens (including phenoxy) is 1. The van der Waals surface area contributed by atoms with Crippen molar-refractivity contribution in [2.45, 2.75) is 11.3 Å². The number of H-pyrrole nitrogens is 1. The lowest BCUT2D eigenvalue weighted by atomic mass is 10.3. The number of nitrogens with zero attached hydrogens (tertiary/aromatic N) is 1. The van der Waals surface area contributed by atoms with Crippen molar-refractivity contribution in [3.8, 4) is 5.75 Å². The second-order valence-corrected chi connectivity index (χ2v) is 9.57. The molecule has 1 heterocycles. The number of rotatable bonds is 8. The minimum absolute atomic E-state index is 0.0870. The van der Waals surface area contributed by atoms with Crippen molar-refractivity contribution in [2.75, 3.05) is 23.3 Å². The van der Waals surface area contributed by atoms with Crippen LogP contribution in [0.15, 0.2) is 41.6 Å². The number of halogens is 2. The molecule has 3 N–H and O–H groups in total. The summed E-state index contributed by atoms with van der Waals surface area (Å²) in [5, 5.41) is 11.6. The van der Waals surface area contributed by atoms with Gasteiger partial charge in [0.15, 0.2) is 5.16 Å². The average Bonchev–Trinajstić information content (AvgIpc) is 3.00. The summed E-state index contributed by atoms with van der Waals surface area (Å²) in [5.41, 5.74) is 1.91. The molecule has 0 aliphatic heterocycles. The van der Waals surface area contributed by atoms with Crippen LogP contribution in [0.2, 0.25) is 10.0 Å². The summed E-state index contributed by atoms with van der Waals surface area (Å²) in [7, 11) is -3.32. The van der Waals surface area contributed by atoms with Gasteiger partial charge in [0, 0.05) is 11.4 Å². The summed E-state index contributed by atoms with van der Waals surface area (Å²) < 4.78 is 30.3. The van der Waals surface area contributed by atoms with Gasteiger partial charge in [-0.15, -0.1) is 0 Å². The first-order valence-corrected chi connectivity index (χ1v) is 11.7. The lowest BCUT2D eigenvalue weighted by Gasteiger charge is -2.12. The molecule has 28 heavy (non-hydrogen) atoms. The Kier molecular flexibility index (Phi) is 6.61. The molecule has 3 rings (SSSR count). The molecule has 0 saturated heterocycles. The molecule has 7 nitrogen and oxygen atoms in total. The van der Waals surface area contributed by atoms with Crippen LogP contribution in [0.25, 0.3) is 11.0 Å². The fourth-order valence-electron chi connectivity index (χ4n) is 2.30. The van der Waals surface area contributed by atoms with E-state index in [1.165, 1.54) is 11.8 Å². The van der Waals surface area contributed by atoms with E-state index in [-0.39, 0.29) is 6.61 Å². The van der Waals surface area contributed by atoms with Crippen molar-refractivity contribution >= 4 is 61.7 Å². The zero-order valence-electron chi connectivity index (χ0n) is 14.6. The topological polar surface area (TPSA) is 104 Å². The van der Waals surface area contributed by atoms with Crippen molar-refractivity contribution in [3.63, 3.8) is 0 Å². The van der Waals surface area contributed by atoms with Gasteiger partial charge in [-0.25, -0.2) is 13.4 Å². The van der Waals surface area contributed by atoms with Crippen molar-refractivity contribution in [1.29, 1.82) is 0 Å². The molecular weight excluding hydrogens is 445 g/mol. The van der Waals surface area contributed by atoms with Crippen LogP contribution in [0.4, 0.5) is 5.69 Å². The molecular formula is C17H17Cl2N3O4S2. The van der Waals surface area contributed by atoms with E-state index >= 15 is 0 Å².